The van der Waals surface area contributed by atoms with Crippen molar-refractivity contribution >= 4 is 21.9 Å². The fourth-order valence-electron chi connectivity index (χ4n) is 2.28. The highest BCUT2D eigenvalue weighted by molar-refractivity contribution is 9.10. The van der Waals surface area contributed by atoms with Crippen LogP contribution in [0.4, 0.5) is 0 Å². The number of hydrogen-bond donors (Lipinski definition) is 1. The maximum Gasteiger partial charge on any atom is 0.332 e. The maximum absolute atomic E-state index is 10.9. The zero-order valence-corrected chi connectivity index (χ0v) is 12.6. The van der Waals surface area contributed by atoms with Crippen LogP contribution in [0.1, 0.15) is 36.2 Å². The molecular formula is C14H13BrN2O4. The molecule has 110 valence electrons. The van der Waals surface area contributed by atoms with E-state index in [2.05, 4.69) is 26.1 Å². The number of benzene rings is 1. The number of ether oxygens (including phenoxy) is 1. The highest BCUT2D eigenvalue weighted by Gasteiger charge is 2.34. The molecule has 2 aromatic rings. The van der Waals surface area contributed by atoms with E-state index in [9.17, 15) is 4.79 Å². The van der Waals surface area contributed by atoms with Crippen molar-refractivity contribution in [2.45, 2.75) is 31.5 Å². The fourth-order valence-corrected chi connectivity index (χ4v) is 2.71. The van der Waals surface area contributed by atoms with Crippen LogP contribution in [0.25, 0.3) is 0 Å². The standard InChI is InChI=1S/C14H13BrN2O4/c15-9-4-2-1-3-8(9)7-12-16-13(21-17-12)10-5-6-11(20-10)14(18)19/h1-4,10-11H,5-7H2,(H,18,19). The Morgan fingerprint density at radius 1 is 1.38 bits per heavy atom. The van der Waals surface area contributed by atoms with E-state index in [1.807, 2.05) is 24.3 Å². The van der Waals surface area contributed by atoms with E-state index in [1.54, 1.807) is 0 Å². The lowest BCUT2D eigenvalue weighted by Crippen LogP contribution is -2.18. The summed E-state index contributed by atoms with van der Waals surface area (Å²) in [6, 6.07) is 7.81. The van der Waals surface area contributed by atoms with Gasteiger partial charge in [-0.25, -0.2) is 4.79 Å². The topological polar surface area (TPSA) is 85.5 Å². The zero-order valence-electron chi connectivity index (χ0n) is 11.0. The Bertz CT molecular complexity index is 658. The average Bonchev–Trinajstić information content (AvgIpc) is 3.10. The van der Waals surface area contributed by atoms with Crippen molar-refractivity contribution in [2.24, 2.45) is 0 Å². The average molecular weight is 353 g/mol. The summed E-state index contributed by atoms with van der Waals surface area (Å²) in [5.74, 6) is -0.0504. The van der Waals surface area contributed by atoms with Gasteiger partial charge >= 0.3 is 5.97 Å². The van der Waals surface area contributed by atoms with Crippen molar-refractivity contribution in [3.8, 4) is 0 Å². The second kappa shape index (κ2) is 5.95. The summed E-state index contributed by atoms with van der Waals surface area (Å²) in [6.07, 6.45) is 0.371. The normalized spacial score (nSPS) is 21.6. The second-order valence-corrected chi connectivity index (χ2v) is 5.70. The van der Waals surface area contributed by atoms with Gasteiger partial charge in [0.1, 0.15) is 6.10 Å². The zero-order chi connectivity index (χ0) is 14.8. The summed E-state index contributed by atoms with van der Waals surface area (Å²) < 4.78 is 11.6. The van der Waals surface area contributed by atoms with E-state index in [-0.39, 0.29) is 0 Å². The smallest absolute Gasteiger partial charge is 0.332 e. The molecule has 21 heavy (non-hydrogen) atoms. The van der Waals surface area contributed by atoms with Crippen molar-refractivity contribution in [3.05, 3.63) is 46.0 Å². The predicted molar refractivity (Wildman–Crippen MR) is 75.7 cm³/mol. The second-order valence-electron chi connectivity index (χ2n) is 4.85. The number of hydrogen-bond acceptors (Lipinski definition) is 5. The Morgan fingerprint density at radius 3 is 2.90 bits per heavy atom. The summed E-state index contributed by atoms with van der Waals surface area (Å²) in [7, 11) is 0. The molecule has 1 aliphatic rings. The summed E-state index contributed by atoms with van der Waals surface area (Å²) in [4.78, 5) is 15.2. The molecule has 2 atom stereocenters. The van der Waals surface area contributed by atoms with Crippen LogP contribution in [0.3, 0.4) is 0 Å². The predicted octanol–water partition coefficient (Wildman–Crippen LogP) is 2.73. The quantitative estimate of drug-likeness (QED) is 0.910. The van der Waals surface area contributed by atoms with Gasteiger partial charge in [0, 0.05) is 10.9 Å². The van der Waals surface area contributed by atoms with E-state index < -0.39 is 18.2 Å². The number of halogens is 1. The number of rotatable bonds is 4. The summed E-state index contributed by atoms with van der Waals surface area (Å²) >= 11 is 3.47. The Labute approximate surface area is 129 Å². The summed E-state index contributed by atoms with van der Waals surface area (Å²) in [5, 5.41) is 12.8. The number of carboxylic acids is 1. The molecular weight excluding hydrogens is 340 g/mol. The van der Waals surface area contributed by atoms with Crippen LogP contribution in [0.2, 0.25) is 0 Å². The van der Waals surface area contributed by atoms with Gasteiger partial charge in [-0.2, -0.15) is 4.98 Å². The minimum absolute atomic E-state index is 0.348. The Morgan fingerprint density at radius 2 is 2.19 bits per heavy atom. The van der Waals surface area contributed by atoms with Gasteiger partial charge < -0.3 is 14.4 Å². The van der Waals surface area contributed by atoms with Gasteiger partial charge in [0.15, 0.2) is 11.9 Å². The third kappa shape index (κ3) is 3.14. The van der Waals surface area contributed by atoms with Crippen molar-refractivity contribution in [1.82, 2.24) is 10.1 Å². The minimum atomic E-state index is -0.953. The monoisotopic (exact) mass is 352 g/mol. The van der Waals surface area contributed by atoms with E-state index >= 15 is 0 Å². The van der Waals surface area contributed by atoms with Gasteiger partial charge in [0.05, 0.1) is 0 Å². The van der Waals surface area contributed by atoms with Crippen LogP contribution in [0.15, 0.2) is 33.3 Å². The molecule has 1 saturated heterocycles. The Balaban J connectivity index is 1.70. The third-order valence-electron chi connectivity index (χ3n) is 3.36. The lowest BCUT2D eigenvalue weighted by atomic mass is 10.1. The third-order valence-corrected chi connectivity index (χ3v) is 4.13. The molecule has 1 aromatic heterocycles. The number of carboxylic acid groups (broad SMARTS) is 1. The lowest BCUT2D eigenvalue weighted by Gasteiger charge is -2.05. The van der Waals surface area contributed by atoms with Gasteiger partial charge in [0.25, 0.3) is 5.89 Å². The molecule has 1 aromatic carbocycles. The van der Waals surface area contributed by atoms with Crippen LogP contribution >= 0.6 is 15.9 Å². The lowest BCUT2D eigenvalue weighted by molar-refractivity contribution is -0.150. The van der Waals surface area contributed by atoms with Gasteiger partial charge in [-0.05, 0) is 24.5 Å². The first-order chi connectivity index (χ1) is 10.1. The van der Waals surface area contributed by atoms with Crippen molar-refractivity contribution in [2.75, 3.05) is 0 Å². The van der Waals surface area contributed by atoms with E-state index in [0.717, 1.165) is 10.0 Å². The highest BCUT2D eigenvalue weighted by Crippen LogP contribution is 2.32. The van der Waals surface area contributed by atoms with E-state index in [1.165, 1.54) is 0 Å². The number of aliphatic carboxylic acids is 1. The van der Waals surface area contributed by atoms with Gasteiger partial charge in [-0.1, -0.05) is 39.3 Å². The first-order valence-electron chi connectivity index (χ1n) is 6.57. The molecule has 1 fully saturated rings. The molecule has 0 aliphatic carbocycles. The molecule has 0 amide bonds. The fraction of sp³-hybridized carbons (Fsp3) is 0.357. The van der Waals surface area contributed by atoms with Crippen molar-refractivity contribution < 1.29 is 19.2 Å². The van der Waals surface area contributed by atoms with Crippen molar-refractivity contribution in [1.29, 1.82) is 0 Å². The van der Waals surface area contributed by atoms with Gasteiger partial charge in [0.2, 0.25) is 0 Å². The van der Waals surface area contributed by atoms with Crippen LogP contribution < -0.4 is 0 Å². The number of aromatic nitrogens is 2. The Hall–Kier alpha value is -1.73. The van der Waals surface area contributed by atoms with Crippen LogP contribution in [-0.4, -0.2) is 27.3 Å². The maximum atomic E-state index is 10.9. The molecule has 1 aliphatic heterocycles. The molecule has 3 rings (SSSR count). The molecule has 6 nitrogen and oxygen atoms in total. The molecule has 2 heterocycles. The largest absolute Gasteiger partial charge is 0.479 e. The Kier molecular flexibility index (Phi) is 4.03. The van der Waals surface area contributed by atoms with Crippen LogP contribution in [-0.2, 0) is 16.0 Å². The molecule has 7 heteroatoms. The molecule has 0 radical (unpaired) electrons. The SMILES string of the molecule is O=C(O)C1CCC(c2nc(Cc3ccccc3Br)no2)O1. The minimum Gasteiger partial charge on any atom is -0.479 e. The molecule has 0 spiro atoms. The highest BCUT2D eigenvalue weighted by atomic mass is 79.9. The molecule has 0 bridgehead atoms. The van der Waals surface area contributed by atoms with Crippen LogP contribution in [0.5, 0.6) is 0 Å². The van der Waals surface area contributed by atoms with Gasteiger partial charge in [-0.15, -0.1) is 0 Å². The van der Waals surface area contributed by atoms with Crippen molar-refractivity contribution in [3.63, 3.8) is 0 Å². The molecule has 0 saturated carbocycles. The molecule has 2 unspecified atom stereocenters. The first kappa shape index (κ1) is 14.2. The van der Waals surface area contributed by atoms with Crippen LogP contribution in [0, 0.1) is 0 Å². The summed E-state index contributed by atoms with van der Waals surface area (Å²) in [5.41, 5.74) is 1.06. The van der Waals surface area contributed by atoms with E-state index in [4.69, 9.17) is 14.4 Å². The van der Waals surface area contributed by atoms with E-state index in [0.29, 0.717) is 31.0 Å². The number of nitrogens with zero attached hydrogens (tertiary/aromatic N) is 2. The number of carbonyl (C=O) groups is 1. The summed E-state index contributed by atoms with van der Waals surface area (Å²) in [6.45, 7) is 0. The molecule has 1 N–H and O–H groups in total. The first-order valence-corrected chi connectivity index (χ1v) is 7.37. The van der Waals surface area contributed by atoms with Gasteiger partial charge in [-0.3, -0.25) is 0 Å².